The third-order valence-electron chi connectivity index (χ3n) is 2.71. The number of halogens is 3. The van der Waals surface area contributed by atoms with Crippen LogP contribution in [0.4, 0.5) is 13.2 Å². The Labute approximate surface area is 113 Å². The minimum atomic E-state index is -4.51. The van der Waals surface area contributed by atoms with Crippen LogP contribution in [-0.2, 0) is 6.18 Å². The molecule has 0 N–H and O–H groups in total. The molecule has 1 aromatic carbocycles. The van der Waals surface area contributed by atoms with Gasteiger partial charge in [-0.05, 0) is 18.2 Å². The van der Waals surface area contributed by atoms with Gasteiger partial charge in [-0.15, -0.1) is 0 Å². The number of aldehydes is 1. The largest absolute Gasteiger partial charge is 0.494 e. The molecule has 0 aliphatic heterocycles. The lowest BCUT2D eigenvalue weighted by Crippen LogP contribution is -2.08. The average molecular weight is 281 g/mol. The Bertz CT molecular complexity index is 639. The van der Waals surface area contributed by atoms with Gasteiger partial charge in [-0.3, -0.25) is 4.79 Å². The van der Waals surface area contributed by atoms with E-state index < -0.39 is 11.7 Å². The van der Waals surface area contributed by atoms with Crippen LogP contribution < -0.4 is 4.74 Å². The zero-order chi connectivity index (χ0) is 14.8. The zero-order valence-electron chi connectivity index (χ0n) is 10.4. The predicted molar refractivity (Wildman–Crippen MR) is 66.6 cm³/mol. The third kappa shape index (κ3) is 2.64. The maximum Gasteiger partial charge on any atom is 0.417 e. The fraction of sp³-hybridized carbons (Fsp3) is 0.143. The van der Waals surface area contributed by atoms with Crippen molar-refractivity contribution in [3.63, 3.8) is 0 Å². The number of carbonyl (C=O) groups is 1. The summed E-state index contributed by atoms with van der Waals surface area (Å²) in [5, 5.41) is 0. The smallest absolute Gasteiger partial charge is 0.417 e. The van der Waals surface area contributed by atoms with Crippen molar-refractivity contribution < 1.29 is 22.7 Å². The Morgan fingerprint density at radius 3 is 2.45 bits per heavy atom. The highest BCUT2D eigenvalue weighted by molar-refractivity contribution is 5.77. The highest BCUT2D eigenvalue weighted by Crippen LogP contribution is 2.39. The van der Waals surface area contributed by atoms with E-state index in [4.69, 9.17) is 4.74 Å². The molecule has 0 radical (unpaired) electrons. The molecule has 0 bridgehead atoms. The lowest BCUT2D eigenvalue weighted by atomic mass is 10.0. The molecular weight excluding hydrogens is 271 g/mol. The van der Waals surface area contributed by atoms with E-state index in [1.807, 2.05) is 0 Å². The van der Waals surface area contributed by atoms with E-state index in [-0.39, 0.29) is 22.7 Å². The number of ether oxygens (including phenoxy) is 1. The van der Waals surface area contributed by atoms with E-state index in [1.165, 1.54) is 37.4 Å². The van der Waals surface area contributed by atoms with Gasteiger partial charge in [-0.1, -0.05) is 18.2 Å². The standard InChI is InChI=1S/C14H10F3NO2/c1-20-12-7-6-9(8-19)18-13(12)10-4-2-3-5-11(10)14(15,16)17/h2-8H,1H3. The van der Waals surface area contributed by atoms with Crippen molar-refractivity contribution in [2.24, 2.45) is 0 Å². The molecule has 1 heterocycles. The highest BCUT2D eigenvalue weighted by Gasteiger charge is 2.34. The van der Waals surface area contributed by atoms with E-state index in [1.54, 1.807) is 0 Å². The molecule has 0 unspecified atom stereocenters. The van der Waals surface area contributed by atoms with Crippen LogP contribution in [0.2, 0.25) is 0 Å². The van der Waals surface area contributed by atoms with Crippen molar-refractivity contribution >= 4 is 6.29 Å². The predicted octanol–water partition coefficient (Wildman–Crippen LogP) is 3.59. The van der Waals surface area contributed by atoms with Crippen LogP contribution in [-0.4, -0.2) is 18.4 Å². The van der Waals surface area contributed by atoms with Gasteiger partial charge in [-0.2, -0.15) is 13.2 Å². The molecule has 0 saturated heterocycles. The Morgan fingerprint density at radius 1 is 1.15 bits per heavy atom. The Balaban J connectivity index is 2.71. The number of rotatable bonds is 3. The topological polar surface area (TPSA) is 39.2 Å². The summed E-state index contributed by atoms with van der Waals surface area (Å²) in [4.78, 5) is 14.7. The number of aromatic nitrogens is 1. The fourth-order valence-corrected chi connectivity index (χ4v) is 1.82. The van der Waals surface area contributed by atoms with E-state index in [0.717, 1.165) is 6.07 Å². The number of methoxy groups -OCH3 is 1. The van der Waals surface area contributed by atoms with Crippen molar-refractivity contribution in [1.82, 2.24) is 4.98 Å². The van der Waals surface area contributed by atoms with Gasteiger partial charge >= 0.3 is 6.18 Å². The van der Waals surface area contributed by atoms with Crippen LogP contribution in [0, 0.1) is 0 Å². The first-order valence-electron chi connectivity index (χ1n) is 5.64. The van der Waals surface area contributed by atoms with Crippen molar-refractivity contribution in [1.29, 1.82) is 0 Å². The van der Waals surface area contributed by atoms with Gasteiger partial charge in [0.05, 0.1) is 12.7 Å². The Hall–Kier alpha value is -2.37. The quantitative estimate of drug-likeness (QED) is 0.807. The van der Waals surface area contributed by atoms with E-state index in [2.05, 4.69) is 4.98 Å². The highest BCUT2D eigenvalue weighted by atomic mass is 19.4. The molecular formula is C14H10F3NO2. The average Bonchev–Trinajstić information content (AvgIpc) is 2.45. The molecule has 0 spiro atoms. The number of benzene rings is 1. The van der Waals surface area contributed by atoms with Crippen LogP contribution in [0.1, 0.15) is 16.1 Å². The van der Waals surface area contributed by atoms with Crippen LogP contribution in [0.25, 0.3) is 11.3 Å². The minimum absolute atomic E-state index is 0.00924. The van der Waals surface area contributed by atoms with Crippen molar-refractivity contribution in [3.05, 3.63) is 47.7 Å². The molecule has 0 amide bonds. The van der Waals surface area contributed by atoms with Crippen molar-refractivity contribution in [2.75, 3.05) is 7.11 Å². The second-order valence-electron chi connectivity index (χ2n) is 3.95. The van der Waals surface area contributed by atoms with Crippen LogP contribution in [0.3, 0.4) is 0 Å². The summed E-state index contributed by atoms with van der Waals surface area (Å²) in [6.45, 7) is 0. The molecule has 0 saturated carbocycles. The van der Waals surface area contributed by atoms with Gasteiger partial charge in [0.15, 0.2) is 6.29 Å². The fourth-order valence-electron chi connectivity index (χ4n) is 1.82. The third-order valence-corrected chi connectivity index (χ3v) is 2.71. The maximum absolute atomic E-state index is 13.0. The first kappa shape index (κ1) is 14.0. The summed E-state index contributed by atoms with van der Waals surface area (Å²) in [7, 11) is 1.33. The number of alkyl halides is 3. The van der Waals surface area contributed by atoms with Crippen LogP contribution in [0.15, 0.2) is 36.4 Å². The van der Waals surface area contributed by atoms with Gasteiger partial charge in [0, 0.05) is 5.56 Å². The second kappa shape index (κ2) is 5.32. The number of pyridine rings is 1. The van der Waals surface area contributed by atoms with Gasteiger partial charge in [0.1, 0.15) is 17.1 Å². The SMILES string of the molecule is COc1ccc(C=O)nc1-c1ccccc1C(F)(F)F. The maximum atomic E-state index is 13.0. The van der Waals surface area contributed by atoms with Crippen molar-refractivity contribution in [3.8, 4) is 17.0 Å². The first-order valence-corrected chi connectivity index (χ1v) is 5.64. The van der Waals surface area contributed by atoms with Crippen molar-refractivity contribution in [2.45, 2.75) is 6.18 Å². The molecule has 0 fully saturated rings. The zero-order valence-corrected chi connectivity index (χ0v) is 10.4. The second-order valence-corrected chi connectivity index (χ2v) is 3.95. The number of hydrogen-bond acceptors (Lipinski definition) is 3. The molecule has 20 heavy (non-hydrogen) atoms. The number of carbonyl (C=O) groups excluding carboxylic acids is 1. The number of hydrogen-bond donors (Lipinski definition) is 0. The lowest BCUT2D eigenvalue weighted by Gasteiger charge is -2.14. The summed E-state index contributed by atoms with van der Waals surface area (Å²) in [6, 6.07) is 7.82. The number of nitrogens with zero attached hydrogens (tertiary/aromatic N) is 1. The van der Waals surface area contributed by atoms with E-state index in [0.29, 0.717) is 6.29 Å². The molecule has 0 atom stereocenters. The molecule has 2 rings (SSSR count). The molecule has 1 aromatic heterocycles. The monoisotopic (exact) mass is 281 g/mol. The van der Waals surface area contributed by atoms with Gasteiger partial charge in [0.25, 0.3) is 0 Å². The van der Waals surface area contributed by atoms with Crippen LogP contribution in [0.5, 0.6) is 5.75 Å². The normalized spacial score (nSPS) is 11.2. The molecule has 6 heteroatoms. The molecule has 0 aliphatic rings. The van der Waals surface area contributed by atoms with E-state index >= 15 is 0 Å². The Kier molecular flexibility index (Phi) is 3.74. The molecule has 3 nitrogen and oxygen atoms in total. The minimum Gasteiger partial charge on any atom is -0.494 e. The Morgan fingerprint density at radius 2 is 1.85 bits per heavy atom. The van der Waals surface area contributed by atoms with Gasteiger partial charge in [0.2, 0.25) is 0 Å². The molecule has 104 valence electrons. The summed E-state index contributed by atoms with van der Waals surface area (Å²) < 4.78 is 44.1. The van der Waals surface area contributed by atoms with Gasteiger partial charge < -0.3 is 4.74 Å². The summed E-state index contributed by atoms with van der Waals surface area (Å²) in [5.74, 6) is 0.173. The molecule has 0 aliphatic carbocycles. The molecule has 2 aromatic rings. The lowest BCUT2D eigenvalue weighted by molar-refractivity contribution is -0.137. The van der Waals surface area contributed by atoms with Gasteiger partial charge in [-0.25, -0.2) is 4.98 Å². The van der Waals surface area contributed by atoms with E-state index in [9.17, 15) is 18.0 Å². The first-order chi connectivity index (χ1) is 9.47. The van der Waals surface area contributed by atoms with Crippen LogP contribution >= 0.6 is 0 Å². The summed E-state index contributed by atoms with van der Waals surface area (Å²) >= 11 is 0. The summed E-state index contributed by atoms with van der Waals surface area (Å²) in [6.07, 6.45) is -4.04. The summed E-state index contributed by atoms with van der Waals surface area (Å²) in [5.41, 5.74) is -0.919.